The van der Waals surface area contributed by atoms with Crippen molar-refractivity contribution in [3.05, 3.63) is 28.5 Å². The first-order valence-electron chi connectivity index (χ1n) is 5.45. The van der Waals surface area contributed by atoms with Crippen LogP contribution >= 0.6 is 11.6 Å². The van der Waals surface area contributed by atoms with E-state index in [9.17, 15) is 4.79 Å². The van der Waals surface area contributed by atoms with Crippen molar-refractivity contribution in [2.45, 2.75) is 20.3 Å². The molecule has 1 amide bonds. The second-order valence-corrected chi connectivity index (χ2v) is 4.14. The largest absolute Gasteiger partial charge is 0.327 e. The van der Waals surface area contributed by atoms with Crippen molar-refractivity contribution in [3.63, 3.8) is 0 Å². The molecule has 0 N–H and O–H groups in total. The lowest BCUT2D eigenvalue weighted by molar-refractivity contribution is 0.0776. The van der Waals surface area contributed by atoms with E-state index in [0.717, 1.165) is 12.1 Å². The van der Waals surface area contributed by atoms with Gasteiger partial charge in [-0.3, -0.25) is 9.78 Å². The van der Waals surface area contributed by atoms with Gasteiger partial charge in [0.1, 0.15) is 0 Å². The van der Waals surface area contributed by atoms with Crippen LogP contribution in [-0.2, 0) is 0 Å². The first kappa shape index (κ1) is 13.5. The van der Waals surface area contributed by atoms with E-state index < -0.39 is 0 Å². The van der Waals surface area contributed by atoms with Crippen LogP contribution in [0.1, 0.15) is 29.4 Å². The van der Waals surface area contributed by atoms with E-state index in [1.54, 1.807) is 11.0 Å². The van der Waals surface area contributed by atoms with Crippen molar-refractivity contribution in [1.29, 1.82) is 0 Å². The van der Waals surface area contributed by atoms with Gasteiger partial charge in [0.2, 0.25) is 0 Å². The third-order valence-electron chi connectivity index (χ3n) is 2.28. The van der Waals surface area contributed by atoms with E-state index in [1.807, 2.05) is 13.8 Å². The van der Waals surface area contributed by atoms with Crippen molar-refractivity contribution in [2.75, 3.05) is 13.1 Å². The van der Waals surface area contributed by atoms with Gasteiger partial charge in [0.25, 0.3) is 5.91 Å². The van der Waals surface area contributed by atoms with Crippen molar-refractivity contribution >= 4 is 17.5 Å². The fourth-order valence-electron chi connectivity index (χ4n) is 1.49. The molecule has 4 heteroatoms. The fraction of sp³-hybridized carbons (Fsp3) is 0.385. The molecule has 0 aromatic carbocycles. The summed E-state index contributed by atoms with van der Waals surface area (Å²) in [7, 11) is 0. The van der Waals surface area contributed by atoms with Crippen molar-refractivity contribution in [1.82, 2.24) is 9.88 Å². The molecule has 0 aliphatic carbocycles. The Morgan fingerprint density at radius 3 is 2.88 bits per heavy atom. The van der Waals surface area contributed by atoms with Gasteiger partial charge in [-0.05, 0) is 19.4 Å². The molecule has 0 saturated heterocycles. The Morgan fingerprint density at radius 1 is 1.65 bits per heavy atom. The molecule has 0 radical (unpaired) electrons. The highest BCUT2D eigenvalue weighted by atomic mass is 35.5. The van der Waals surface area contributed by atoms with Crippen LogP contribution in [0.2, 0.25) is 5.02 Å². The van der Waals surface area contributed by atoms with Crippen LogP contribution < -0.4 is 0 Å². The second-order valence-electron chi connectivity index (χ2n) is 3.74. The quantitative estimate of drug-likeness (QED) is 0.770. The molecule has 0 aliphatic heterocycles. The molecule has 3 nitrogen and oxygen atoms in total. The van der Waals surface area contributed by atoms with E-state index in [2.05, 4.69) is 10.9 Å². The topological polar surface area (TPSA) is 33.2 Å². The molecule has 0 fully saturated rings. The van der Waals surface area contributed by atoms with Crippen LogP contribution in [0, 0.1) is 19.3 Å². The number of pyridine rings is 1. The molecule has 0 spiro atoms. The summed E-state index contributed by atoms with van der Waals surface area (Å²) in [5.41, 5.74) is 1.19. The van der Waals surface area contributed by atoms with Gasteiger partial charge in [-0.25, -0.2) is 0 Å². The Balaban J connectivity index is 2.97. The van der Waals surface area contributed by atoms with E-state index in [1.165, 1.54) is 6.20 Å². The molecule has 0 aliphatic rings. The zero-order valence-electron chi connectivity index (χ0n) is 10.0. The Kier molecular flexibility index (Phi) is 4.99. The number of halogens is 1. The minimum Gasteiger partial charge on any atom is -0.327 e. The van der Waals surface area contributed by atoms with Crippen LogP contribution in [0.5, 0.6) is 0 Å². The number of amides is 1. The molecular weight excluding hydrogens is 236 g/mol. The highest BCUT2D eigenvalue weighted by Crippen LogP contribution is 2.17. The number of rotatable bonds is 4. The molecule has 0 saturated carbocycles. The average molecular weight is 251 g/mol. The number of aromatic nitrogens is 1. The molecular formula is C13H15ClN2O. The van der Waals surface area contributed by atoms with Gasteiger partial charge >= 0.3 is 0 Å². The summed E-state index contributed by atoms with van der Waals surface area (Å²) in [6, 6.07) is 1.68. The van der Waals surface area contributed by atoms with Gasteiger partial charge in [0.05, 0.1) is 17.1 Å². The molecule has 1 heterocycles. The second kappa shape index (κ2) is 6.27. The Hall–Kier alpha value is -1.53. The highest BCUT2D eigenvalue weighted by Gasteiger charge is 2.17. The van der Waals surface area contributed by atoms with Crippen molar-refractivity contribution < 1.29 is 4.79 Å². The number of carbonyl (C=O) groups excluding carboxylic acids is 1. The molecule has 1 rings (SSSR count). The summed E-state index contributed by atoms with van der Waals surface area (Å²) < 4.78 is 0. The van der Waals surface area contributed by atoms with E-state index in [0.29, 0.717) is 17.1 Å². The monoisotopic (exact) mass is 250 g/mol. The molecule has 90 valence electrons. The Morgan fingerprint density at radius 2 is 2.35 bits per heavy atom. The number of hydrogen-bond acceptors (Lipinski definition) is 2. The summed E-state index contributed by atoms with van der Waals surface area (Å²) in [5, 5.41) is 0.417. The lowest BCUT2D eigenvalue weighted by Gasteiger charge is -2.19. The molecule has 0 atom stereocenters. The van der Waals surface area contributed by atoms with Gasteiger partial charge < -0.3 is 4.90 Å². The summed E-state index contributed by atoms with van der Waals surface area (Å²) in [6.45, 7) is 4.72. The predicted molar refractivity (Wildman–Crippen MR) is 69.0 cm³/mol. The zero-order valence-corrected chi connectivity index (χ0v) is 10.8. The van der Waals surface area contributed by atoms with Gasteiger partial charge in [0, 0.05) is 18.4 Å². The normalized spacial score (nSPS) is 9.76. The Labute approximate surface area is 107 Å². The molecule has 1 aromatic heterocycles. The maximum Gasteiger partial charge on any atom is 0.257 e. The Bertz CT molecular complexity index is 451. The molecule has 0 unspecified atom stereocenters. The van der Waals surface area contributed by atoms with Crippen LogP contribution in [0.15, 0.2) is 12.3 Å². The van der Waals surface area contributed by atoms with Gasteiger partial charge in [-0.2, -0.15) is 0 Å². The van der Waals surface area contributed by atoms with Gasteiger partial charge in [-0.1, -0.05) is 24.4 Å². The SMILES string of the molecule is C#CCN(CCC)C(=O)c1cnc(C)cc1Cl. The summed E-state index contributed by atoms with van der Waals surface area (Å²) in [4.78, 5) is 17.8. The third-order valence-corrected chi connectivity index (χ3v) is 2.60. The van der Waals surface area contributed by atoms with E-state index in [-0.39, 0.29) is 12.5 Å². The lowest BCUT2D eigenvalue weighted by Crippen LogP contribution is -2.32. The molecule has 17 heavy (non-hydrogen) atoms. The first-order chi connectivity index (χ1) is 8.10. The fourth-order valence-corrected chi connectivity index (χ4v) is 1.77. The number of hydrogen-bond donors (Lipinski definition) is 0. The summed E-state index contributed by atoms with van der Waals surface area (Å²) >= 11 is 6.03. The summed E-state index contributed by atoms with van der Waals surface area (Å²) in [6.07, 6.45) is 7.60. The number of terminal acetylenes is 1. The van der Waals surface area contributed by atoms with Crippen LogP contribution in [0.4, 0.5) is 0 Å². The van der Waals surface area contributed by atoms with Crippen molar-refractivity contribution in [2.24, 2.45) is 0 Å². The maximum absolute atomic E-state index is 12.2. The summed E-state index contributed by atoms with van der Waals surface area (Å²) in [5.74, 6) is 2.31. The zero-order chi connectivity index (χ0) is 12.8. The maximum atomic E-state index is 12.2. The van der Waals surface area contributed by atoms with E-state index >= 15 is 0 Å². The minimum absolute atomic E-state index is 0.165. The standard InChI is InChI=1S/C13H15ClN2O/c1-4-6-16(7-5-2)13(17)11-9-15-10(3)8-12(11)14/h1,8-9H,5-7H2,2-3H3. The number of nitrogens with zero attached hydrogens (tertiary/aromatic N) is 2. The predicted octanol–water partition coefficient (Wildman–Crippen LogP) is 2.53. The molecule has 1 aromatic rings. The number of carbonyl (C=O) groups is 1. The lowest BCUT2D eigenvalue weighted by atomic mass is 10.2. The third kappa shape index (κ3) is 3.47. The molecule has 0 bridgehead atoms. The van der Waals surface area contributed by atoms with Crippen molar-refractivity contribution in [3.8, 4) is 12.3 Å². The van der Waals surface area contributed by atoms with Gasteiger partial charge in [-0.15, -0.1) is 6.42 Å². The van der Waals surface area contributed by atoms with Crippen LogP contribution in [-0.4, -0.2) is 28.9 Å². The highest BCUT2D eigenvalue weighted by molar-refractivity contribution is 6.33. The van der Waals surface area contributed by atoms with Gasteiger partial charge in [0.15, 0.2) is 0 Å². The average Bonchev–Trinajstić information content (AvgIpc) is 2.28. The first-order valence-corrected chi connectivity index (χ1v) is 5.82. The van der Waals surface area contributed by atoms with E-state index in [4.69, 9.17) is 18.0 Å². The van der Waals surface area contributed by atoms with Crippen LogP contribution in [0.3, 0.4) is 0 Å². The number of aryl methyl sites for hydroxylation is 1. The van der Waals surface area contributed by atoms with Crippen LogP contribution in [0.25, 0.3) is 0 Å². The minimum atomic E-state index is -0.165. The smallest absolute Gasteiger partial charge is 0.257 e.